The standard InChI is InChI=1S/C22H25NO3/c1-22(2,3)21(25)26-23-19(13-14-20(23)24)15-16-9-11-18(12-10-16)17-7-5-4-6-8-17/h4-12,19H,13-15H2,1-3H3/t19-/m0/s1. The first kappa shape index (κ1) is 18.2. The maximum absolute atomic E-state index is 12.1. The maximum Gasteiger partial charge on any atom is 0.337 e. The normalized spacial score (nSPS) is 17.4. The number of rotatable bonds is 4. The third-order valence-electron chi connectivity index (χ3n) is 4.59. The van der Waals surface area contributed by atoms with Crippen LogP contribution >= 0.6 is 0 Å². The number of hydrogen-bond acceptors (Lipinski definition) is 3. The molecular weight excluding hydrogens is 326 g/mol. The lowest BCUT2D eigenvalue weighted by atomic mass is 9.98. The van der Waals surface area contributed by atoms with E-state index in [4.69, 9.17) is 4.84 Å². The predicted molar refractivity (Wildman–Crippen MR) is 101 cm³/mol. The molecule has 4 heteroatoms. The van der Waals surface area contributed by atoms with Crippen molar-refractivity contribution in [1.82, 2.24) is 5.06 Å². The van der Waals surface area contributed by atoms with Crippen molar-refractivity contribution in [2.24, 2.45) is 5.41 Å². The average molecular weight is 351 g/mol. The number of nitrogens with zero attached hydrogens (tertiary/aromatic N) is 1. The molecule has 0 N–H and O–H groups in total. The predicted octanol–water partition coefficient (Wildman–Crippen LogP) is 4.39. The van der Waals surface area contributed by atoms with Crippen LogP contribution in [0.15, 0.2) is 54.6 Å². The molecule has 26 heavy (non-hydrogen) atoms. The Kier molecular flexibility index (Phi) is 5.12. The molecule has 1 heterocycles. The van der Waals surface area contributed by atoms with Gasteiger partial charge in [-0.25, -0.2) is 4.79 Å². The smallest absolute Gasteiger partial charge is 0.337 e. The van der Waals surface area contributed by atoms with E-state index in [1.165, 1.54) is 10.6 Å². The minimum Gasteiger partial charge on any atom is -0.337 e. The zero-order valence-corrected chi connectivity index (χ0v) is 15.6. The topological polar surface area (TPSA) is 46.6 Å². The molecule has 0 saturated carbocycles. The summed E-state index contributed by atoms with van der Waals surface area (Å²) < 4.78 is 0. The van der Waals surface area contributed by atoms with Crippen LogP contribution in [0.3, 0.4) is 0 Å². The Hall–Kier alpha value is -2.62. The first-order valence-electron chi connectivity index (χ1n) is 9.03. The minimum atomic E-state index is -0.634. The fourth-order valence-electron chi connectivity index (χ4n) is 2.99. The van der Waals surface area contributed by atoms with Gasteiger partial charge in [0, 0.05) is 6.42 Å². The van der Waals surface area contributed by atoms with Gasteiger partial charge >= 0.3 is 5.97 Å². The Balaban J connectivity index is 1.69. The Bertz CT molecular complexity index is 775. The molecule has 1 saturated heterocycles. The second-order valence-corrected chi connectivity index (χ2v) is 7.81. The summed E-state index contributed by atoms with van der Waals surface area (Å²) in [6.45, 7) is 5.35. The van der Waals surface area contributed by atoms with Crippen LogP contribution in [0, 0.1) is 5.41 Å². The lowest BCUT2D eigenvalue weighted by molar-refractivity contribution is -0.207. The molecule has 3 rings (SSSR count). The van der Waals surface area contributed by atoms with Crippen LogP contribution < -0.4 is 0 Å². The van der Waals surface area contributed by atoms with Crippen LogP contribution in [0.1, 0.15) is 39.2 Å². The van der Waals surface area contributed by atoms with Gasteiger partial charge in [0.25, 0.3) is 5.91 Å². The van der Waals surface area contributed by atoms with E-state index < -0.39 is 5.41 Å². The molecule has 1 aliphatic rings. The zero-order chi connectivity index (χ0) is 18.7. The van der Waals surface area contributed by atoms with Crippen LogP contribution in [0.25, 0.3) is 11.1 Å². The van der Waals surface area contributed by atoms with Crippen molar-refractivity contribution < 1.29 is 14.4 Å². The van der Waals surface area contributed by atoms with Gasteiger partial charge in [0.2, 0.25) is 0 Å². The summed E-state index contributed by atoms with van der Waals surface area (Å²) >= 11 is 0. The van der Waals surface area contributed by atoms with Crippen molar-refractivity contribution in [3.8, 4) is 11.1 Å². The van der Waals surface area contributed by atoms with E-state index in [0.717, 1.165) is 11.1 Å². The Morgan fingerprint density at radius 2 is 1.65 bits per heavy atom. The van der Waals surface area contributed by atoms with E-state index >= 15 is 0 Å². The molecule has 1 fully saturated rings. The lowest BCUT2D eigenvalue weighted by Gasteiger charge is -2.26. The van der Waals surface area contributed by atoms with Gasteiger partial charge < -0.3 is 4.84 Å². The Morgan fingerprint density at radius 3 is 2.27 bits per heavy atom. The van der Waals surface area contributed by atoms with E-state index in [9.17, 15) is 9.59 Å². The van der Waals surface area contributed by atoms with Crippen LogP contribution in [0.4, 0.5) is 0 Å². The largest absolute Gasteiger partial charge is 0.337 e. The van der Waals surface area contributed by atoms with Gasteiger partial charge in [-0.1, -0.05) is 54.6 Å². The Labute approximate surface area is 154 Å². The molecule has 136 valence electrons. The fraction of sp³-hybridized carbons (Fsp3) is 0.364. The fourth-order valence-corrected chi connectivity index (χ4v) is 2.99. The number of hydroxylamine groups is 2. The molecule has 0 radical (unpaired) electrons. The summed E-state index contributed by atoms with van der Waals surface area (Å²) in [6, 6.07) is 18.4. The van der Waals surface area contributed by atoms with Crippen LogP contribution in [-0.2, 0) is 20.8 Å². The van der Waals surface area contributed by atoms with E-state index in [1.807, 2.05) is 18.2 Å². The summed E-state index contributed by atoms with van der Waals surface area (Å²) in [7, 11) is 0. The summed E-state index contributed by atoms with van der Waals surface area (Å²) in [5.74, 6) is -0.495. The monoisotopic (exact) mass is 351 g/mol. The molecule has 0 spiro atoms. The second-order valence-electron chi connectivity index (χ2n) is 7.81. The molecule has 0 bridgehead atoms. The van der Waals surface area contributed by atoms with Crippen molar-refractivity contribution in [1.29, 1.82) is 0 Å². The van der Waals surface area contributed by atoms with Gasteiger partial charge in [0.1, 0.15) is 0 Å². The molecule has 2 aromatic rings. The van der Waals surface area contributed by atoms with Gasteiger partial charge in [-0.05, 0) is 50.3 Å². The quantitative estimate of drug-likeness (QED) is 0.821. The number of carbonyl (C=O) groups excluding carboxylic acids is 2. The van der Waals surface area contributed by atoms with Gasteiger partial charge in [0.15, 0.2) is 0 Å². The first-order valence-corrected chi connectivity index (χ1v) is 9.03. The number of benzene rings is 2. The highest BCUT2D eigenvalue weighted by molar-refractivity contribution is 5.81. The summed E-state index contributed by atoms with van der Waals surface area (Å²) in [5, 5.41) is 1.29. The first-order chi connectivity index (χ1) is 12.3. The highest BCUT2D eigenvalue weighted by Gasteiger charge is 2.37. The third kappa shape index (κ3) is 4.13. The molecular formula is C22H25NO3. The summed E-state index contributed by atoms with van der Waals surface area (Å²) in [6.07, 6.45) is 1.80. The highest BCUT2D eigenvalue weighted by atomic mass is 16.7. The third-order valence-corrected chi connectivity index (χ3v) is 4.59. The molecule has 4 nitrogen and oxygen atoms in total. The lowest BCUT2D eigenvalue weighted by Crippen LogP contribution is -2.39. The van der Waals surface area contributed by atoms with Gasteiger partial charge in [0.05, 0.1) is 11.5 Å². The number of carbonyl (C=O) groups is 2. The Morgan fingerprint density at radius 1 is 1.04 bits per heavy atom. The number of amides is 1. The molecule has 1 aliphatic heterocycles. The van der Waals surface area contributed by atoms with E-state index in [-0.39, 0.29) is 17.9 Å². The highest BCUT2D eigenvalue weighted by Crippen LogP contribution is 2.27. The minimum absolute atomic E-state index is 0.101. The molecule has 0 unspecified atom stereocenters. The zero-order valence-electron chi connectivity index (χ0n) is 15.6. The molecule has 2 aromatic carbocycles. The van der Waals surface area contributed by atoms with E-state index in [1.54, 1.807) is 20.8 Å². The average Bonchev–Trinajstić information content (AvgIpc) is 2.96. The van der Waals surface area contributed by atoms with Crippen molar-refractivity contribution in [3.63, 3.8) is 0 Å². The number of hydrogen-bond donors (Lipinski definition) is 0. The summed E-state index contributed by atoms with van der Waals surface area (Å²) in [4.78, 5) is 29.7. The van der Waals surface area contributed by atoms with Crippen molar-refractivity contribution in [3.05, 3.63) is 60.2 Å². The molecule has 0 aliphatic carbocycles. The van der Waals surface area contributed by atoms with Crippen LogP contribution in [0.2, 0.25) is 0 Å². The van der Waals surface area contributed by atoms with Crippen molar-refractivity contribution >= 4 is 11.9 Å². The van der Waals surface area contributed by atoms with Crippen LogP contribution in [0.5, 0.6) is 0 Å². The van der Waals surface area contributed by atoms with Gasteiger partial charge in [-0.15, -0.1) is 0 Å². The van der Waals surface area contributed by atoms with E-state index in [0.29, 0.717) is 19.3 Å². The summed E-state index contributed by atoms with van der Waals surface area (Å²) in [5.41, 5.74) is 2.83. The molecule has 1 amide bonds. The van der Waals surface area contributed by atoms with Gasteiger partial charge in [-0.2, -0.15) is 5.06 Å². The van der Waals surface area contributed by atoms with Crippen molar-refractivity contribution in [2.45, 2.75) is 46.1 Å². The van der Waals surface area contributed by atoms with E-state index in [2.05, 4.69) is 36.4 Å². The molecule has 1 atom stereocenters. The maximum atomic E-state index is 12.1. The molecule has 0 aromatic heterocycles. The SMILES string of the molecule is CC(C)(C)C(=O)ON1C(=O)CC[C@H]1Cc1ccc(-c2ccccc2)cc1. The van der Waals surface area contributed by atoms with Gasteiger partial charge in [-0.3, -0.25) is 4.79 Å². The van der Waals surface area contributed by atoms with Crippen LogP contribution in [-0.4, -0.2) is 23.0 Å². The van der Waals surface area contributed by atoms with Crippen molar-refractivity contribution in [2.75, 3.05) is 0 Å². The second kappa shape index (κ2) is 7.32.